The Morgan fingerprint density at radius 1 is 0.783 bits per heavy atom. The lowest BCUT2D eigenvalue weighted by molar-refractivity contribution is -0.137. The van der Waals surface area contributed by atoms with Crippen LogP contribution in [0.15, 0.2) is 36.4 Å². The summed E-state index contributed by atoms with van der Waals surface area (Å²) in [7, 11) is 5.95. The third kappa shape index (κ3) is 10.5. The summed E-state index contributed by atoms with van der Waals surface area (Å²) in [6.07, 6.45) is 13.8. The smallest absolute Gasteiger partial charge is 0.348 e. The number of hydrogen-bond acceptors (Lipinski definition) is 9. The lowest BCUT2D eigenvalue weighted by Crippen LogP contribution is -2.15. The summed E-state index contributed by atoms with van der Waals surface area (Å²) in [4.78, 5) is 35.2. The van der Waals surface area contributed by atoms with Gasteiger partial charge in [0.05, 0.1) is 39.8 Å². The molecule has 2 aliphatic carbocycles. The van der Waals surface area contributed by atoms with E-state index < -0.39 is 5.82 Å². The average molecular weight is 675 g/mol. The average Bonchev–Trinajstić information content (AvgIpc) is 3.29. The van der Waals surface area contributed by atoms with Crippen LogP contribution in [0.2, 0.25) is 0 Å². The first-order chi connectivity index (χ1) is 22.3. The second kappa shape index (κ2) is 19.5. The molecule has 0 unspecified atom stereocenters. The van der Waals surface area contributed by atoms with Crippen LogP contribution >= 0.6 is 24.0 Å². The van der Waals surface area contributed by atoms with Crippen LogP contribution in [-0.4, -0.2) is 51.9 Å². The highest BCUT2D eigenvalue weighted by Crippen LogP contribution is 2.43. The van der Waals surface area contributed by atoms with Crippen molar-refractivity contribution >= 4 is 51.8 Å². The third-order valence-electron chi connectivity index (χ3n) is 8.59. The van der Waals surface area contributed by atoms with Gasteiger partial charge in [0, 0.05) is 16.7 Å². The van der Waals surface area contributed by atoms with E-state index >= 15 is 0 Å². The van der Waals surface area contributed by atoms with Crippen molar-refractivity contribution in [2.45, 2.75) is 83.0 Å². The van der Waals surface area contributed by atoms with Crippen LogP contribution in [0.1, 0.15) is 109 Å². The molecular weight excluding hydrogens is 628 g/mol. The molecule has 0 spiro atoms. The molecule has 0 radical (unpaired) electrons. The number of methoxy groups -OCH3 is 4. The highest BCUT2D eigenvalue weighted by atomic mass is 32.1. The summed E-state index contributed by atoms with van der Waals surface area (Å²) >= 11 is 5.15. The maximum Gasteiger partial charge on any atom is 0.348 e. The summed E-state index contributed by atoms with van der Waals surface area (Å²) in [6.45, 7) is 0. The van der Waals surface area contributed by atoms with Crippen LogP contribution in [0.5, 0.6) is 11.5 Å². The van der Waals surface area contributed by atoms with Gasteiger partial charge in [-0.15, -0.1) is 11.3 Å². The zero-order chi connectivity index (χ0) is 33.5. The van der Waals surface area contributed by atoms with Gasteiger partial charge >= 0.3 is 11.9 Å². The number of ketones is 1. The fourth-order valence-electron chi connectivity index (χ4n) is 6.09. The number of esters is 2. The minimum atomic E-state index is -0.469. The Kier molecular flexibility index (Phi) is 15.9. The van der Waals surface area contributed by atoms with Crippen molar-refractivity contribution in [3.63, 3.8) is 0 Å². The number of carbonyl (C=O) groups excluding carboxylic acids is 3. The van der Waals surface area contributed by atoms with Gasteiger partial charge < -0.3 is 18.9 Å². The van der Waals surface area contributed by atoms with Gasteiger partial charge in [-0.3, -0.25) is 9.59 Å². The molecule has 2 aliphatic rings. The van der Waals surface area contributed by atoms with Crippen LogP contribution < -0.4 is 9.47 Å². The van der Waals surface area contributed by atoms with Gasteiger partial charge in [-0.2, -0.15) is 12.6 Å². The first-order valence-corrected chi connectivity index (χ1v) is 17.5. The quantitative estimate of drug-likeness (QED) is 0.116. The van der Waals surface area contributed by atoms with Crippen LogP contribution in [0, 0.1) is 11.7 Å². The van der Waals surface area contributed by atoms with Crippen molar-refractivity contribution in [3.05, 3.63) is 58.2 Å². The number of benzene rings is 2. The Labute approximate surface area is 281 Å². The first-order valence-electron chi connectivity index (χ1n) is 16.0. The highest BCUT2D eigenvalue weighted by Gasteiger charge is 2.27. The number of ether oxygens (including phenoxy) is 4. The molecule has 0 aliphatic heterocycles. The molecule has 46 heavy (non-hydrogen) atoms. The molecule has 0 saturated heterocycles. The van der Waals surface area contributed by atoms with E-state index in [0.29, 0.717) is 11.7 Å². The predicted molar refractivity (Wildman–Crippen MR) is 185 cm³/mol. The van der Waals surface area contributed by atoms with E-state index in [4.69, 9.17) is 14.2 Å². The van der Waals surface area contributed by atoms with Gasteiger partial charge in [0.25, 0.3) is 0 Å². The lowest BCUT2D eigenvalue weighted by Gasteiger charge is -2.15. The van der Waals surface area contributed by atoms with Crippen molar-refractivity contribution in [2.24, 2.45) is 5.92 Å². The van der Waals surface area contributed by atoms with Crippen LogP contribution in [0.25, 0.3) is 10.1 Å². The van der Waals surface area contributed by atoms with E-state index in [0.717, 1.165) is 41.0 Å². The molecule has 2 aromatic carbocycles. The van der Waals surface area contributed by atoms with E-state index in [9.17, 15) is 18.8 Å². The van der Waals surface area contributed by atoms with E-state index in [1.807, 2.05) is 12.1 Å². The molecular formula is C36H47FO7S2. The van der Waals surface area contributed by atoms with Crippen molar-refractivity contribution in [3.8, 4) is 11.5 Å². The van der Waals surface area contributed by atoms with Gasteiger partial charge in [-0.25, -0.2) is 9.18 Å². The normalized spacial score (nSPS) is 15.6. The Bertz CT molecular complexity index is 1420. The predicted octanol–water partition coefficient (Wildman–Crippen LogP) is 9.21. The van der Waals surface area contributed by atoms with Gasteiger partial charge in [0.15, 0.2) is 5.78 Å². The molecule has 0 amide bonds. The molecule has 5 rings (SSSR count). The number of hydrogen-bond donors (Lipinski definition) is 1. The number of Topliss-reactive ketones (excluding diaryl/α,β-unsaturated/α-hetero) is 1. The van der Waals surface area contributed by atoms with Crippen molar-refractivity contribution in [1.29, 1.82) is 0 Å². The SMILES string of the molecule is COC(=O)CS.COC(=O)c1sc2cc(OC)ccc2c1C1CCCCCC1.COc1ccc(C(=O)C2CCCCCC2)c(F)c1. The maximum absolute atomic E-state index is 13.8. The largest absolute Gasteiger partial charge is 0.497 e. The first kappa shape index (κ1) is 37.3. The zero-order valence-electron chi connectivity index (χ0n) is 27.4. The van der Waals surface area contributed by atoms with Gasteiger partial charge in [-0.1, -0.05) is 51.4 Å². The number of halogens is 1. The van der Waals surface area contributed by atoms with E-state index in [1.165, 1.54) is 101 Å². The van der Waals surface area contributed by atoms with Crippen molar-refractivity contribution in [2.75, 3.05) is 34.2 Å². The Morgan fingerprint density at radius 3 is 1.85 bits per heavy atom. The summed E-state index contributed by atoms with van der Waals surface area (Å²) in [5, 5.41) is 1.19. The van der Waals surface area contributed by atoms with Crippen LogP contribution in [0.4, 0.5) is 4.39 Å². The second-order valence-electron chi connectivity index (χ2n) is 11.5. The van der Waals surface area contributed by atoms with E-state index in [1.54, 1.807) is 19.2 Å². The van der Waals surface area contributed by atoms with E-state index in [2.05, 4.69) is 23.4 Å². The summed E-state index contributed by atoms with van der Waals surface area (Å²) < 4.78 is 34.4. The fourth-order valence-corrected chi connectivity index (χ4v) is 7.46. The Morgan fingerprint density at radius 2 is 1.35 bits per heavy atom. The number of fused-ring (bicyclic) bond motifs is 1. The van der Waals surface area contributed by atoms with Gasteiger partial charge in [0.2, 0.25) is 0 Å². The summed E-state index contributed by atoms with van der Waals surface area (Å²) in [6, 6.07) is 10.6. The van der Waals surface area contributed by atoms with Crippen LogP contribution in [0.3, 0.4) is 0 Å². The lowest BCUT2D eigenvalue weighted by atomic mass is 9.89. The van der Waals surface area contributed by atoms with Crippen LogP contribution in [-0.2, 0) is 14.3 Å². The minimum Gasteiger partial charge on any atom is -0.497 e. The molecule has 7 nitrogen and oxygen atoms in total. The molecule has 10 heteroatoms. The number of carbonyl (C=O) groups is 3. The van der Waals surface area contributed by atoms with E-state index in [-0.39, 0.29) is 35.0 Å². The monoisotopic (exact) mass is 674 g/mol. The van der Waals surface area contributed by atoms with Crippen molar-refractivity contribution < 1.29 is 37.7 Å². The molecule has 0 atom stereocenters. The summed E-state index contributed by atoms with van der Waals surface area (Å²) in [5.41, 5.74) is 1.42. The maximum atomic E-state index is 13.8. The second-order valence-corrected chi connectivity index (χ2v) is 12.9. The molecule has 2 fully saturated rings. The topological polar surface area (TPSA) is 88.1 Å². The minimum absolute atomic E-state index is 0.00426. The number of rotatable bonds is 7. The third-order valence-corrected chi connectivity index (χ3v) is 10.0. The molecule has 1 heterocycles. The number of thiol groups is 1. The van der Waals surface area contributed by atoms with Gasteiger partial charge in [0.1, 0.15) is 22.2 Å². The molecule has 0 N–H and O–H groups in total. The standard InChI is InChI=1S/C18H22O3S.C15H19FO2.C3H6O2S/c1-20-13-9-10-14-15(11-13)22-17(18(19)21-2)16(14)12-7-5-3-4-6-8-12;1-18-12-8-9-13(14(16)10-12)15(17)11-6-4-2-3-5-7-11;1-5-3(4)2-6/h9-12H,3-8H2,1-2H3;8-11H,2-7H2,1H3;6H,2H2,1H3. The Hall–Kier alpha value is -3.11. The highest BCUT2D eigenvalue weighted by molar-refractivity contribution is 7.81. The summed E-state index contributed by atoms with van der Waals surface area (Å²) in [5.74, 6) is 0.895. The molecule has 252 valence electrons. The van der Waals surface area contributed by atoms with Gasteiger partial charge in [-0.05, 0) is 72.9 Å². The molecule has 2 saturated carbocycles. The van der Waals surface area contributed by atoms with Crippen molar-refractivity contribution in [1.82, 2.24) is 0 Å². The molecule has 3 aromatic rings. The zero-order valence-corrected chi connectivity index (χ0v) is 29.1. The Balaban J connectivity index is 0.000000216. The number of thiophene rings is 1. The fraction of sp³-hybridized carbons (Fsp3) is 0.528. The molecule has 1 aromatic heterocycles. The molecule has 0 bridgehead atoms.